The molecule has 0 N–H and O–H groups in total. The molecular formula is C7H12OS. The van der Waals surface area contributed by atoms with Crippen molar-refractivity contribution < 1.29 is 4.79 Å². The number of ketones is 1. The van der Waals surface area contributed by atoms with Crippen molar-refractivity contribution in [2.45, 2.75) is 20.3 Å². The Labute approximate surface area is 60.2 Å². The highest BCUT2D eigenvalue weighted by Crippen LogP contribution is 2.35. The Morgan fingerprint density at radius 1 is 1.67 bits per heavy atom. The zero-order valence-corrected chi connectivity index (χ0v) is 6.75. The smallest absolute Gasteiger partial charge is 0.136 e. The molecule has 1 aliphatic rings. The highest BCUT2D eigenvalue weighted by atomic mass is 32.2. The summed E-state index contributed by atoms with van der Waals surface area (Å²) in [4.78, 5) is 11.0. The molecule has 2 heteroatoms. The van der Waals surface area contributed by atoms with Gasteiger partial charge in [-0.3, -0.25) is 4.79 Å². The maximum atomic E-state index is 11.0. The van der Waals surface area contributed by atoms with Gasteiger partial charge in [-0.15, -0.1) is 0 Å². The molecule has 9 heavy (non-hydrogen) atoms. The largest absolute Gasteiger partial charge is 0.299 e. The normalized spacial score (nSPS) is 34.9. The molecule has 52 valence electrons. The van der Waals surface area contributed by atoms with E-state index in [1.165, 1.54) is 0 Å². The van der Waals surface area contributed by atoms with E-state index < -0.39 is 0 Å². The van der Waals surface area contributed by atoms with Crippen LogP contribution in [0.4, 0.5) is 0 Å². The molecule has 1 unspecified atom stereocenters. The van der Waals surface area contributed by atoms with Crippen molar-refractivity contribution in [3.63, 3.8) is 0 Å². The zero-order valence-electron chi connectivity index (χ0n) is 5.94. The van der Waals surface area contributed by atoms with E-state index in [2.05, 4.69) is 6.92 Å². The first-order valence-electron chi connectivity index (χ1n) is 3.24. The number of rotatable bonds is 1. The monoisotopic (exact) mass is 144 g/mol. The molecule has 1 rings (SSSR count). The van der Waals surface area contributed by atoms with Gasteiger partial charge in [0.1, 0.15) is 5.78 Å². The summed E-state index contributed by atoms with van der Waals surface area (Å²) in [6.07, 6.45) is 1.08. The van der Waals surface area contributed by atoms with Crippen molar-refractivity contribution in [1.82, 2.24) is 0 Å². The first-order chi connectivity index (χ1) is 4.15. The molecule has 1 fully saturated rings. The molecule has 1 saturated heterocycles. The summed E-state index contributed by atoms with van der Waals surface area (Å²) in [6, 6.07) is 0. The predicted octanol–water partition coefficient (Wildman–Crippen LogP) is 1.72. The summed E-state index contributed by atoms with van der Waals surface area (Å²) in [5.41, 5.74) is 0.0185. The summed E-state index contributed by atoms with van der Waals surface area (Å²) < 4.78 is 0. The average molecular weight is 144 g/mol. The van der Waals surface area contributed by atoms with Crippen LogP contribution in [0.2, 0.25) is 0 Å². The van der Waals surface area contributed by atoms with E-state index in [1.54, 1.807) is 6.92 Å². The average Bonchev–Trinajstić information content (AvgIpc) is 2.16. The molecule has 0 saturated carbocycles. The first kappa shape index (κ1) is 7.13. The molecule has 0 aromatic rings. The lowest BCUT2D eigenvalue weighted by Gasteiger charge is -2.17. The van der Waals surface area contributed by atoms with Gasteiger partial charge in [0, 0.05) is 11.2 Å². The van der Waals surface area contributed by atoms with Gasteiger partial charge in [-0.1, -0.05) is 6.92 Å². The van der Waals surface area contributed by atoms with Gasteiger partial charge in [0.25, 0.3) is 0 Å². The Kier molecular flexibility index (Phi) is 1.85. The number of carbonyl (C=O) groups excluding carboxylic acids is 1. The predicted molar refractivity (Wildman–Crippen MR) is 40.7 cm³/mol. The molecule has 0 bridgehead atoms. The van der Waals surface area contributed by atoms with E-state index in [1.807, 2.05) is 11.8 Å². The Morgan fingerprint density at radius 2 is 2.33 bits per heavy atom. The SMILES string of the molecule is CC(=O)C1(C)CCSC1. The molecule has 1 aliphatic heterocycles. The van der Waals surface area contributed by atoms with Gasteiger partial charge in [0.15, 0.2) is 0 Å². The van der Waals surface area contributed by atoms with Gasteiger partial charge in [0.05, 0.1) is 0 Å². The molecule has 1 heterocycles. The van der Waals surface area contributed by atoms with Crippen LogP contribution in [0.1, 0.15) is 20.3 Å². The maximum absolute atomic E-state index is 11.0. The quantitative estimate of drug-likeness (QED) is 0.557. The third-order valence-electron chi connectivity index (χ3n) is 2.07. The Balaban J connectivity index is 2.61. The summed E-state index contributed by atoms with van der Waals surface area (Å²) in [6.45, 7) is 3.77. The van der Waals surface area contributed by atoms with Gasteiger partial charge in [0.2, 0.25) is 0 Å². The summed E-state index contributed by atoms with van der Waals surface area (Å²) in [7, 11) is 0. The van der Waals surface area contributed by atoms with Crippen LogP contribution in [0.15, 0.2) is 0 Å². The van der Waals surface area contributed by atoms with E-state index >= 15 is 0 Å². The van der Waals surface area contributed by atoms with Crippen LogP contribution in [-0.4, -0.2) is 17.3 Å². The third kappa shape index (κ3) is 1.29. The van der Waals surface area contributed by atoms with Crippen molar-refractivity contribution in [1.29, 1.82) is 0 Å². The van der Waals surface area contributed by atoms with Crippen molar-refractivity contribution in [3.8, 4) is 0 Å². The minimum atomic E-state index is 0.0185. The van der Waals surface area contributed by atoms with Crippen LogP contribution in [0, 0.1) is 5.41 Å². The van der Waals surface area contributed by atoms with Crippen LogP contribution in [0.5, 0.6) is 0 Å². The number of thioether (sulfide) groups is 1. The fourth-order valence-corrected chi connectivity index (χ4v) is 2.48. The number of Topliss-reactive ketones (excluding diaryl/α,β-unsaturated/α-hetero) is 1. The molecule has 0 aromatic carbocycles. The van der Waals surface area contributed by atoms with E-state index in [4.69, 9.17) is 0 Å². The minimum Gasteiger partial charge on any atom is -0.299 e. The van der Waals surface area contributed by atoms with Crippen molar-refractivity contribution in [2.24, 2.45) is 5.41 Å². The highest BCUT2D eigenvalue weighted by Gasteiger charge is 2.33. The standard InChI is InChI=1S/C7H12OS/c1-6(8)7(2)3-4-9-5-7/h3-5H2,1-2H3. The number of hydrogen-bond donors (Lipinski definition) is 0. The lowest BCUT2D eigenvalue weighted by Crippen LogP contribution is -2.24. The molecule has 0 spiro atoms. The minimum absolute atomic E-state index is 0.0185. The Hall–Kier alpha value is 0.0200. The topological polar surface area (TPSA) is 17.1 Å². The Morgan fingerprint density at radius 3 is 2.56 bits per heavy atom. The molecular weight excluding hydrogens is 132 g/mol. The van der Waals surface area contributed by atoms with Crippen molar-refractivity contribution in [2.75, 3.05) is 11.5 Å². The maximum Gasteiger partial charge on any atom is 0.136 e. The Bertz CT molecular complexity index is 125. The molecule has 1 nitrogen and oxygen atoms in total. The lowest BCUT2D eigenvalue weighted by molar-refractivity contribution is -0.124. The van der Waals surface area contributed by atoms with Gasteiger partial charge >= 0.3 is 0 Å². The van der Waals surface area contributed by atoms with Crippen LogP contribution >= 0.6 is 11.8 Å². The summed E-state index contributed by atoms with van der Waals surface area (Å²) in [5.74, 6) is 2.55. The fourth-order valence-electron chi connectivity index (χ4n) is 0.945. The van der Waals surface area contributed by atoms with E-state index in [-0.39, 0.29) is 5.41 Å². The molecule has 0 amide bonds. The van der Waals surface area contributed by atoms with Gasteiger partial charge < -0.3 is 0 Å². The number of carbonyl (C=O) groups is 1. The molecule has 1 atom stereocenters. The first-order valence-corrected chi connectivity index (χ1v) is 4.39. The van der Waals surface area contributed by atoms with Crippen molar-refractivity contribution >= 4 is 17.5 Å². The van der Waals surface area contributed by atoms with E-state index in [0.29, 0.717) is 5.78 Å². The fraction of sp³-hybridized carbons (Fsp3) is 0.857. The van der Waals surface area contributed by atoms with Gasteiger partial charge in [-0.25, -0.2) is 0 Å². The van der Waals surface area contributed by atoms with Crippen molar-refractivity contribution in [3.05, 3.63) is 0 Å². The van der Waals surface area contributed by atoms with E-state index in [0.717, 1.165) is 17.9 Å². The summed E-state index contributed by atoms with van der Waals surface area (Å²) >= 11 is 1.89. The highest BCUT2D eigenvalue weighted by molar-refractivity contribution is 7.99. The summed E-state index contributed by atoms with van der Waals surface area (Å²) in [5, 5.41) is 0. The zero-order chi connectivity index (χ0) is 6.91. The van der Waals surface area contributed by atoms with Crippen LogP contribution < -0.4 is 0 Å². The van der Waals surface area contributed by atoms with Crippen LogP contribution in [0.3, 0.4) is 0 Å². The molecule has 0 radical (unpaired) electrons. The van der Waals surface area contributed by atoms with Crippen LogP contribution in [-0.2, 0) is 4.79 Å². The third-order valence-corrected chi connectivity index (χ3v) is 3.40. The lowest BCUT2D eigenvalue weighted by atomic mass is 9.86. The second-order valence-electron chi connectivity index (χ2n) is 2.92. The molecule has 0 aromatic heterocycles. The second-order valence-corrected chi connectivity index (χ2v) is 4.02. The van der Waals surface area contributed by atoms with Gasteiger partial charge in [-0.2, -0.15) is 11.8 Å². The van der Waals surface area contributed by atoms with E-state index in [9.17, 15) is 4.79 Å². The molecule has 0 aliphatic carbocycles. The van der Waals surface area contributed by atoms with Gasteiger partial charge in [-0.05, 0) is 19.1 Å². The number of hydrogen-bond acceptors (Lipinski definition) is 2. The van der Waals surface area contributed by atoms with Crippen LogP contribution in [0.25, 0.3) is 0 Å². The second kappa shape index (κ2) is 2.33.